The Balaban J connectivity index is 4.15. The van der Waals surface area contributed by atoms with Gasteiger partial charge in [0.05, 0.1) is 6.61 Å². The molecular formula is C7H17O5P. The van der Waals surface area contributed by atoms with Crippen LogP contribution in [0.2, 0.25) is 0 Å². The lowest BCUT2D eigenvalue weighted by Crippen LogP contribution is -2.28. The summed E-state index contributed by atoms with van der Waals surface area (Å²) in [6.07, 6.45) is 1.19. The fourth-order valence-electron chi connectivity index (χ4n) is 0.636. The number of unbranched alkanes of at least 4 members (excludes halogenated alkanes) is 1. The Morgan fingerprint density at radius 3 is 2.31 bits per heavy atom. The zero-order valence-electron chi connectivity index (χ0n) is 7.93. The first-order chi connectivity index (χ1) is 5.87. The lowest BCUT2D eigenvalue weighted by Gasteiger charge is -2.24. The molecule has 0 amide bonds. The average Bonchev–Trinajstić information content (AvgIpc) is 2.04. The maximum Gasteiger partial charge on any atom is 0.386 e. The minimum absolute atomic E-state index is 0.0626. The van der Waals surface area contributed by atoms with E-state index in [1.54, 1.807) is 0 Å². The summed E-state index contributed by atoms with van der Waals surface area (Å²) in [5.41, 5.74) is -2.62. The van der Waals surface area contributed by atoms with E-state index in [-0.39, 0.29) is 13.0 Å². The maximum absolute atomic E-state index is 11.2. The molecule has 0 saturated heterocycles. The molecule has 0 heterocycles. The molecule has 0 rings (SSSR count). The third kappa shape index (κ3) is 3.75. The minimum Gasteiger partial charge on any atom is -0.356 e. The van der Waals surface area contributed by atoms with E-state index in [1.807, 2.05) is 6.92 Å². The maximum atomic E-state index is 11.2. The van der Waals surface area contributed by atoms with Gasteiger partial charge in [0.15, 0.2) is 0 Å². The highest BCUT2D eigenvalue weighted by Gasteiger charge is 2.44. The first-order valence-corrected chi connectivity index (χ1v) is 5.87. The molecule has 0 aromatic carbocycles. The van der Waals surface area contributed by atoms with E-state index in [1.165, 1.54) is 6.92 Å². The standard InChI is InChI=1S/C7H17O5P/c1-3-5-6-12-13(10,11)7(8,9)4-2/h8-9H,3-6H2,1-2H3,(H,10,11). The summed E-state index contributed by atoms with van der Waals surface area (Å²) in [5.74, 6) is 0. The van der Waals surface area contributed by atoms with Gasteiger partial charge in [0.1, 0.15) is 0 Å². The van der Waals surface area contributed by atoms with Crippen molar-refractivity contribution < 1.29 is 24.2 Å². The molecule has 0 aromatic heterocycles. The monoisotopic (exact) mass is 212 g/mol. The van der Waals surface area contributed by atoms with Gasteiger partial charge in [-0.3, -0.25) is 4.57 Å². The number of hydrogen-bond donors (Lipinski definition) is 3. The van der Waals surface area contributed by atoms with Gasteiger partial charge < -0.3 is 19.6 Å². The van der Waals surface area contributed by atoms with Crippen LogP contribution in [0.3, 0.4) is 0 Å². The van der Waals surface area contributed by atoms with E-state index in [0.29, 0.717) is 6.42 Å². The summed E-state index contributed by atoms with van der Waals surface area (Å²) < 4.78 is 15.7. The van der Waals surface area contributed by atoms with Gasteiger partial charge in [0.2, 0.25) is 0 Å². The third-order valence-corrected chi connectivity index (χ3v) is 3.44. The second-order valence-corrected chi connectivity index (χ2v) is 4.85. The summed E-state index contributed by atoms with van der Waals surface area (Å²) in [5, 5.41) is 18.1. The molecule has 0 saturated carbocycles. The summed E-state index contributed by atoms with van der Waals surface area (Å²) in [7, 11) is -4.31. The average molecular weight is 212 g/mol. The van der Waals surface area contributed by atoms with Crippen LogP contribution in [0.15, 0.2) is 0 Å². The molecule has 5 nitrogen and oxygen atoms in total. The van der Waals surface area contributed by atoms with Gasteiger partial charge in [-0.05, 0) is 6.42 Å². The van der Waals surface area contributed by atoms with Crippen LogP contribution in [-0.4, -0.2) is 27.2 Å². The van der Waals surface area contributed by atoms with Gasteiger partial charge in [-0.1, -0.05) is 20.3 Å². The fraction of sp³-hybridized carbons (Fsp3) is 1.00. The van der Waals surface area contributed by atoms with Crippen molar-refractivity contribution in [2.75, 3.05) is 6.61 Å². The Labute approximate surface area is 77.9 Å². The molecule has 1 unspecified atom stereocenters. The summed E-state index contributed by atoms with van der Waals surface area (Å²) in [6, 6.07) is 0. The van der Waals surface area contributed by atoms with E-state index in [0.717, 1.165) is 6.42 Å². The topological polar surface area (TPSA) is 87.0 Å². The molecule has 0 aromatic rings. The van der Waals surface area contributed by atoms with Crippen molar-refractivity contribution in [3.8, 4) is 0 Å². The lowest BCUT2D eigenvalue weighted by atomic mass is 10.4. The Kier molecular flexibility index (Phi) is 5.10. The van der Waals surface area contributed by atoms with Crippen LogP contribution in [0.5, 0.6) is 0 Å². The first-order valence-electron chi connectivity index (χ1n) is 4.29. The van der Waals surface area contributed by atoms with Crippen LogP contribution in [-0.2, 0) is 9.09 Å². The minimum atomic E-state index is -4.31. The zero-order chi connectivity index (χ0) is 10.5. The Bertz CT molecular complexity index is 191. The molecule has 0 spiro atoms. The van der Waals surface area contributed by atoms with Crippen molar-refractivity contribution in [1.82, 2.24) is 0 Å². The van der Waals surface area contributed by atoms with Crippen molar-refractivity contribution in [2.24, 2.45) is 0 Å². The van der Waals surface area contributed by atoms with Crippen LogP contribution in [0.25, 0.3) is 0 Å². The lowest BCUT2D eigenvalue weighted by molar-refractivity contribution is -0.108. The molecule has 0 radical (unpaired) electrons. The Morgan fingerprint density at radius 2 is 1.92 bits per heavy atom. The summed E-state index contributed by atoms with van der Waals surface area (Å²) in [6.45, 7) is 3.36. The van der Waals surface area contributed by atoms with Crippen LogP contribution >= 0.6 is 7.60 Å². The van der Waals surface area contributed by atoms with Crippen molar-refractivity contribution in [1.29, 1.82) is 0 Å². The van der Waals surface area contributed by atoms with Gasteiger partial charge in [0, 0.05) is 6.42 Å². The second-order valence-electron chi connectivity index (χ2n) is 2.84. The SMILES string of the molecule is CCCCOP(=O)(O)C(O)(O)CC. The van der Waals surface area contributed by atoms with E-state index in [9.17, 15) is 4.57 Å². The van der Waals surface area contributed by atoms with Crippen molar-refractivity contribution in [2.45, 2.75) is 38.6 Å². The number of aliphatic hydroxyl groups is 2. The largest absolute Gasteiger partial charge is 0.386 e. The predicted octanol–water partition coefficient (Wildman–Crippen LogP) is 1.04. The fourth-order valence-corrected chi connectivity index (χ4v) is 1.62. The molecule has 0 bridgehead atoms. The third-order valence-electron chi connectivity index (χ3n) is 1.69. The van der Waals surface area contributed by atoms with Crippen LogP contribution < -0.4 is 0 Å². The van der Waals surface area contributed by atoms with Crippen LogP contribution in [0, 0.1) is 0 Å². The highest BCUT2D eigenvalue weighted by molar-refractivity contribution is 7.54. The van der Waals surface area contributed by atoms with E-state index in [2.05, 4.69) is 4.52 Å². The predicted molar refractivity (Wildman–Crippen MR) is 48.1 cm³/mol. The molecular weight excluding hydrogens is 195 g/mol. The zero-order valence-corrected chi connectivity index (χ0v) is 8.83. The Morgan fingerprint density at radius 1 is 1.38 bits per heavy atom. The van der Waals surface area contributed by atoms with E-state index in [4.69, 9.17) is 15.1 Å². The molecule has 3 N–H and O–H groups in total. The van der Waals surface area contributed by atoms with Gasteiger partial charge >= 0.3 is 7.60 Å². The summed E-state index contributed by atoms with van der Waals surface area (Å²) >= 11 is 0. The quantitative estimate of drug-likeness (QED) is 0.348. The molecule has 0 aliphatic carbocycles. The van der Waals surface area contributed by atoms with E-state index >= 15 is 0 Å². The molecule has 6 heteroatoms. The van der Waals surface area contributed by atoms with Gasteiger partial charge in [-0.25, -0.2) is 0 Å². The van der Waals surface area contributed by atoms with Crippen molar-refractivity contribution >= 4 is 7.60 Å². The molecule has 13 heavy (non-hydrogen) atoms. The van der Waals surface area contributed by atoms with Gasteiger partial charge in [0.25, 0.3) is 5.53 Å². The van der Waals surface area contributed by atoms with Gasteiger partial charge in [-0.15, -0.1) is 0 Å². The van der Waals surface area contributed by atoms with Crippen LogP contribution in [0.1, 0.15) is 33.1 Å². The molecule has 1 atom stereocenters. The molecule has 0 fully saturated rings. The highest BCUT2D eigenvalue weighted by atomic mass is 31.2. The number of rotatable bonds is 6. The summed E-state index contributed by atoms with van der Waals surface area (Å²) in [4.78, 5) is 9.10. The van der Waals surface area contributed by atoms with Crippen LogP contribution in [0.4, 0.5) is 0 Å². The Hall–Kier alpha value is 0.0700. The molecule has 0 aliphatic rings. The first kappa shape index (κ1) is 13.1. The van der Waals surface area contributed by atoms with Crippen molar-refractivity contribution in [3.63, 3.8) is 0 Å². The molecule has 0 aliphatic heterocycles. The number of hydrogen-bond acceptors (Lipinski definition) is 4. The van der Waals surface area contributed by atoms with Crippen molar-refractivity contribution in [3.05, 3.63) is 0 Å². The second kappa shape index (κ2) is 5.08. The smallest absolute Gasteiger partial charge is 0.356 e. The highest BCUT2D eigenvalue weighted by Crippen LogP contribution is 2.53. The van der Waals surface area contributed by atoms with Gasteiger partial charge in [-0.2, -0.15) is 0 Å². The van der Waals surface area contributed by atoms with E-state index < -0.39 is 13.1 Å². The normalized spacial score (nSPS) is 17.0. The molecule has 80 valence electrons.